The Balaban J connectivity index is 1.38. The Hall–Kier alpha value is -3.62. The van der Waals surface area contributed by atoms with Crippen molar-refractivity contribution in [3.63, 3.8) is 0 Å². The highest BCUT2D eigenvalue weighted by Gasteiger charge is 2.31. The molecular weight excluding hydrogens is 422 g/mol. The molecule has 0 saturated heterocycles. The number of furan rings is 1. The van der Waals surface area contributed by atoms with Gasteiger partial charge in [0.1, 0.15) is 24.1 Å². The van der Waals surface area contributed by atoms with Crippen LogP contribution in [0.2, 0.25) is 0 Å². The summed E-state index contributed by atoms with van der Waals surface area (Å²) >= 11 is 0. The molecule has 1 saturated carbocycles. The molecule has 3 heterocycles. The molecule has 174 valence electrons. The van der Waals surface area contributed by atoms with Crippen molar-refractivity contribution in [2.24, 2.45) is 5.92 Å². The molecule has 0 spiro atoms. The van der Waals surface area contributed by atoms with Gasteiger partial charge in [0.15, 0.2) is 11.5 Å². The zero-order valence-electron chi connectivity index (χ0n) is 18.9. The van der Waals surface area contributed by atoms with Crippen molar-refractivity contribution in [3.05, 3.63) is 53.7 Å². The molecule has 1 fully saturated rings. The average Bonchev–Trinajstić information content (AvgIpc) is 3.51. The van der Waals surface area contributed by atoms with E-state index in [-0.39, 0.29) is 17.6 Å². The second kappa shape index (κ2) is 10.3. The molecule has 33 heavy (non-hydrogen) atoms. The first-order valence-corrected chi connectivity index (χ1v) is 11.3. The van der Waals surface area contributed by atoms with Gasteiger partial charge >= 0.3 is 0 Å². The number of H-pyrrole nitrogens is 1. The van der Waals surface area contributed by atoms with E-state index in [0.717, 1.165) is 37.1 Å². The number of carbonyl (C=O) groups excluding carboxylic acids is 2. The molecule has 4 rings (SSSR count). The van der Waals surface area contributed by atoms with Crippen LogP contribution < -0.4 is 15.4 Å². The Bertz CT molecular complexity index is 1080. The summed E-state index contributed by atoms with van der Waals surface area (Å²) < 4.78 is 11.5. The first kappa shape index (κ1) is 22.6. The maximum Gasteiger partial charge on any atom is 0.287 e. The number of hydrogen-bond acceptors (Lipinski definition) is 6. The molecule has 9 nitrogen and oxygen atoms in total. The predicted octanol–water partition coefficient (Wildman–Crippen LogP) is 3.38. The Morgan fingerprint density at radius 2 is 2.03 bits per heavy atom. The lowest BCUT2D eigenvalue weighted by molar-refractivity contribution is -0.124. The van der Waals surface area contributed by atoms with Gasteiger partial charge in [0.2, 0.25) is 5.91 Å². The Labute approximate surface area is 192 Å². The van der Waals surface area contributed by atoms with Gasteiger partial charge in [0, 0.05) is 7.05 Å². The van der Waals surface area contributed by atoms with E-state index in [0.29, 0.717) is 23.8 Å². The Kier molecular flexibility index (Phi) is 7.07. The molecule has 9 heteroatoms. The summed E-state index contributed by atoms with van der Waals surface area (Å²) in [6, 6.07) is 8.20. The first-order valence-electron chi connectivity index (χ1n) is 11.3. The van der Waals surface area contributed by atoms with Gasteiger partial charge in [0.05, 0.1) is 17.6 Å². The number of rotatable bonds is 8. The zero-order valence-corrected chi connectivity index (χ0v) is 18.9. The number of ether oxygens (including phenoxy) is 1. The van der Waals surface area contributed by atoms with Crippen LogP contribution in [-0.4, -0.2) is 40.1 Å². The van der Waals surface area contributed by atoms with Crippen LogP contribution in [0.1, 0.15) is 54.0 Å². The van der Waals surface area contributed by atoms with Gasteiger partial charge in [-0.15, -0.1) is 0 Å². The lowest BCUT2D eigenvalue weighted by Crippen LogP contribution is -2.50. The molecule has 1 unspecified atom stereocenters. The van der Waals surface area contributed by atoms with Crippen molar-refractivity contribution in [1.82, 2.24) is 25.8 Å². The Morgan fingerprint density at radius 1 is 1.21 bits per heavy atom. The number of likely N-dealkylation sites (N-methyl/N-ethyl adjacent to an activating group) is 1. The monoisotopic (exact) mass is 451 g/mol. The van der Waals surface area contributed by atoms with Gasteiger partial charge < -0.3 is 19.8 Å². The molecule has 1 aliphatic carbocycles. The number of nitrogens with zero attached hydrogens (tertiary/aromatic N) is 2. The second-order valence-electron chi connectivity index (χ2n) is 8.33. The zero-order chi connectivity index (χ0) is 23.2. The summed E-state index contributed by atoms with van der Waals surface area (Å²) in [5.74, 6) is 0.768. The second-order valence-corrected chi connectivity index (χ2v) is 8.33. The van der Waals surface area contributed by atoms with Gasteiger partial charge in [-0.05, 0) is 56.0 Å². The smallest absolute Gasteiger partial charge is 0.287 e. The van der Waals surface area contributed by atoms with Crippen LogP contribution in [0.15, 0.2) is 40.9 Å². The van der Waals surface area contributed by atoms with E-state index in [1.165, 1.54) is 6.42 Å². The summed E-state index contributed by atoms with van der Waals surface area (Å²) in [6.45, 7) is 2.27. The van der Waals surface area contributed by atoms with Crippen molar-refractivity contribution in [2.75, 3.05) is 7.05 Å². The highest BCUT2D eigenvalue weighted by atomic mass is 16.5. The molecule has 1 aliphatic rings. The number of hydrogen-bond donors (Lipinski definition) is 3. The van der Waals surface area contributed by atoms with Crippen LogP contribution in [0.4, 0.5) is 0 Å². The topological polar surface area (TPSA) is 122 Å². The normalized spacial score (nSPS) is 15.1. The molecule has 2 amide bonds. The quantitative estimate of drug-likeness (QED) is 0.483. The van der Waals surface area contributed by atoms with Crippen LogP contribution in [0.3, 0.4) is 0 Å². The van der Waals surface area contributed by atoms with E-state index < -0.39 is 11.9 Å². The highest BCUT2D eigenvalue weighted by molar-refractivity contribution is 5.96. The number of amides is 2. The third-order valence-electron chi connectivity index (χ3n) is 5.91. The van der Waals surface area contributed by atoms with E-state index in [2.05, 4.69) is 25.8 Å². The van der Waals surface area contributed by atoms with Crippen LogP contribution in [0, 0.1) is 12.8 Å². The van der Waals surface area contributed by atoms with Crippen molar-refractivity contribution in [3.8, 4) is 17.2 Å². The van der Waals surface area contributed by atoms with Gasteiger partial charge in [-0.25, -0.2) is 4.98 Å². The molecule has 3 aromatic heterocycles. The van der Waals surface area contributed by atoms with E-state index >= 15 is 0 Å². The standard InChI is InChI=1S/C24H29N5O4/c1-15-12-17(29-28-15)14-32-18-8-9-19(26-13-18)20-10-11-21(33-20)23(30)27-22(24(31)25-2)16-6-4-3-5-7-16/h8-13,16,22H,3-7,14H2,1-2H3,(H,25,31)(H,27,30)(H,28,29). The average molecular weight is 452 g/mol. The van der Waals surface area contributed by atoms with Crippen molar-refractivity contribution in [2.45, 2.75) is 51.7 Å². The van der Waals surface area contributed by atoms with Gasteiger partial charge in [-0.3, -0.25) is 14.7 Å². The third kappa shape index (κ3) is 5.60. The summed E-state index contributed by atoms with van der Waals surface area (Å²) in [5, 5.41) is 12.5. The predicted molar refractivity (Wildman–Crippen MR) is 121 cm³/mol. The lowest BCUT2D eigenvalue weighted by Gasteiger charge is -2.29. The van der Waals surface area contributed by atoms with Gasteiger partial charge in [-0.1, -0.05) is 19.3 Å². The van der Waals surface area contributed by atoms with Crippen LogP contribution >= 0.6 is 0 Å². The number of nitrogens with one attached hydrogen (secondary N) is 3. The molecule has 0 aromatic carbocycles. The van der Waals surface area contributed by atoms with Crippen molar-refractivity contribution < 1.29 is 18.7 Å². The molecule has 0 bridgehead atoms. The van der Waals surface area contributed by atoms with Crippen LogP contribution in [-0.2, 0) is 11.4 Å². The molecule has 3 N–H and O–H groups in total. The molecular formula is C24H29N5O4. The maximum atomic E-state index is 12.8. The number of aryl methyl sites for hydroxylation is 1. The van der Waals surface area contributed by atoms with Gasteiger partial charge in [0.25, 0.3) is 5.91 Å². The summed E-state index contributed by atoms with van der Waals surface area (Å²) in [7, 11) is 1.59. The molecule has 3 aromatic rings. The number of pyridine rings is 1. The maximum absolute atomic E-state index is 12.8. The summed E-state index contributed by atoms with van der Waals surface area (Å²) in [5.41, 5.74) is 2.36. The molecule has 0 aliphatic heterocycles. The fourth-order valence-electron chi connectivity index (χ4n) is 4.15. The lowest BCUT2D eigenvalue weighted by atomic mass is 9.83. The van der Waals surface area contributed by atoms with Crippen molar-refractivity contribution in [1.29, 1.82) is 0 Å². The number of aromatic nitrogens is 3. The third-order valence-corrected chi connectivity index (χ3v) is 5.91. The Morgan fingerprint density at radius 3 is 2.70 bits per heavy atom. The van der Waals surface area contributed by atoms with E-state index in [9.17, 15) is 9.59 Å². The number of carbonyl (C=O) groups is 2. The fraction of sp³-hybridized carbons (Fsp3) is 0.417. The van der Waals surface area contributed by atoms with E-state index in [1.54, 1.807) is 37.5 Å². The number of aromatic amines is 1. The van der Waals surface area contributed by atoms with Gasteiger partial charge in [-0.2, -0.15) is 5.10 Å². The van der Waals surface area contributed by atoms with Crippen LogP contribution in [0.5, 0.6) is 5.75 Å². The minimum Gasteiger partial charge on any atom is -0.486 e. The minimum absolute atomic E-state index is 0.136. The van der Waals surface area contributed by atoms with E-state index in [4.69, 9.17) is 9.15 Å². The molecule has 1 atom stereocenters. The first-order chi connectivity index (χ1) is 16.0. The summed E-state index contributed by atoms with van der Waals surface area (Å²) in [6.07, 6.45) is 6.79. The SMILES string of the molecule is CNC(=O)C(NC(=O)c1ccc(-c2ccc(OCc3cc(C)n[nH]3)cn2)o1)C1CCCCC1. The van der Waals surface area contributed by atoms with E-state index in [1.807, 2.05) is 13.0 Å². The fourth-order valence-corrected chi connectivity index (χ4v) is 4.15. The summed E-state index contributed by atoms with van der Waals surface area (Å²) in [4.78, 5) is 29.6. The largest absolute Gasteiger partial charge is 0.486 e. The highest BCUT2D eigenvalue weighted by Crippen LogP contribution is 2.27. The molecule has 0 radical (unpaired) electrons. The minimum atomic E-state index is -0.565. The van der Waals surface area contributed by atoms with Crippen LogP contribution in [0.25, 0.3) is 11.5 Å². The van der Waals surface area contributed by atoms with Crippen molar-refractivity contribution >= 4 is 11.8 Å².